The number of aliphatic hydroxyl groups is 8. The van der Waals surface area contributed by atoms with Crippen LogP contribution in [0.25, 0.3) is 0 Å². The summed E-state index contributed by atoms with van der Waals surface area (Å²) >= 11 is 0. The van der Waals surface area contributed by atoms with Crippen LogP contribution < -0.4 is 5.32 Å². The first-order chi connectivity index (χ1) is 51.6. The highest BCUT2D eigenvalue weighted by Crippen LogP contribution is 2.30. The lowest BCUT2D eigenvalue weighted by atomic mass is 9.97. The van der Waals surface area contributed by atoms with Crippen molar-refractivity contribution in [2.45, 2.75) is 466 Å². The number of rotatable bonds is 75. The maximum atomic E-state index is 13.4. The summed E-state index contributed by atoms with van der Waals surface area (Å²) in [4.78, 5) is 13.4. The Balaban J connectivity index is 1.58. The van der Waals surface area contributed by atoms with Crippen molar-refractivity contribution >= 4 is 5.91 Å². The Morgan fingerprint density at radius 1 is 0.352 bits per heavy atom. The molecule has 2 aliphatic heterocycles. The molecule has 0 saturated carbocycles. The zero-order valence-corrected chi connectivity index (χ0v) is 67.5. The Labute approximate surface area is 643 Å². The summed E-state index contributed by atoms with van der Waals surface area (Å²) in [6.07, 6.45) is 88.4. The van der Waals surface area contributed by atoms with Crippen LogP contribution in [0.1, 0.15) is 393 Å². The van der Waals surface area contributed by atoms with Crippen molar-refractivity contribution in [1.82, 2.24) is 5.32 Å². The first-order valence-corrected chi connectivity index (χ1v) is 44.3. The molecule has 1 amide bonds. The minimum Gasteiger partial charge on any atom is -0.394 e. The molecule has 14 nitrogen and oxygen atoms in total. The largest absolute Gasteiger partial charge is 0.394 e. The molecule has 2 saturated heterocycles. The minimum atomic E-state index is -1.79. The smallest absolute Gasteiger partial charge is 0.220 e. The summed E-state index contributed by atoms with van der Waals surface area (Å²) in [6, 6.07) is -0.936. The number of hydrogen-bond acceptors (Lipinski definition) is 13. The van der Waals surface area contributed by atoms with E-state index in [1.807, 2.05) is 6.08 Å². The molecular weight excluding hydrogens is 1310 g/mol. The van der Waals surface area contributed by atoms with Crippen molar-refractivity contribution < 1.29 is 64.6 Å². The number of aliphatic hydroxyl groups excluding tert-OH is 8. The molecule has 2 rings (SSSR count). The molecule has 14 heteroatoms. The highest BCUT2D eigenvalue weighted by atomic mass is 16.7. The Hall–Kier alpha value is -2.83. The first-order valence-electron chi connectivity index (χ1n) is 44.3. The van der Waals surface area contributed by atoms with Crippen LogP contribution in [-0.2, 0) is 23.7 Å². The number of ether oxygens (including phenoxy) is 4. The van der Waals surface area contributed by atoms with Gasteiger partial charge in [-0.1, -0.05) is 394 Å². The zero-order valence-electron chi connectivity index (χ0n) is 67.5. The molecule has 0 aromatic rings. The van der Waals surface area contributed by atoms with E-state index in [9.17, 15) is 45.6 Å². The second-order valence-electron chi connectivity index (χ2n) is 31.0. The van der Waals surface area contributed by atoms with Crippen LogP contribution in [0, 0.1) is 0 Å². The zero-order chi connectivity index (χ0) is 75.8. The summed E-state index contributed by atoms with van der Waals surface area (Å²) in [5, 5.41) is 87.8. The van der Waals surface area contributed by atoms with Crippen molar-refractivity contribution in [1.29, 1.82) is 0 Å². The molecule has 2 fully saturated rings. The third-order valence-corrected chi connectivity index (χ3v) is 21.3. The monoisotopic (exact) mass is 1480 g/mol. The van der Waals surface area contributed by atoms with Gasteiger partial charge >= 0.3 is 0 Å². The van der Waals surface area contributed by atoms with Gasteiger partial charge in [0.05, 0.1) is 32.0 Å². The van der Waals surface area contributed by atoms with Crippen molar-refractivity contribution in [3.63, 3.8) is 0 Å². The fraction of sp³-hybridized carbons (Fsp3) is 0.835. The second-order valence-corrected chi connectivity index (χ2v) is 31.0. The Morgan fingerprint density at radius 2 is 0.667 bits per heavy atom. The third kappa shape index (κ3) is 56.1. The first kappa shape index (κ1) is 98.2. The number of carbonyl (C=O) groups is 1. The van der Waals surface area contributed by atoms with Crippen LogP contribution >= 0.6 is 0 Å². The fourth-order valence-electron chi connectivity index (χ4n) is 14.4. The van der Waals surface area contributed by atoms with Gasteiger partial charge in [-0.2, -0.15) is 0 Å². The Morgan fingerprint density at radius 3 is 1.05 bits per heavy atom. The van der Waals surface area contributed by atoms with Gasteiger partial charge in [-0.3, -0.25) is 4.79 Å². The average Bonchev–Trinajstić information content (AvgIpc) is 0.789. The second kappa shape index (κ2) is 73.9. The van der Waals surface area contributed by atoms with Crippen LogP contribution in [0.15, 0.2) is 85.1 Å². The van der Waals surface area contributed by atoms with Crippen LogP contribution in [0.4, 0.5) is 0 Å². The minimum absolute atomic E-state index is 0.243. The maximum absolute atomic E-state index is 13.4. The van der Waals surface area contributed by atoms with Crippen LogP contribution in [0.2, 0.25) is 0 Å². The SMILES string of the molecule is CC/C=C\C/C=C\C/C=C\C/C=C\C/C=C\CCCCCCCCCCCCCCCCCCCCCCCCCC(=O)NC(COC1OC(CO)C(OC2OC(CO)C(O)C(O)C2O)C(O)C1O)C(O)/C=C/CC/C=C/CCCCCCCCCCCCCCCCCCCCCCCCCCCC. The molecule has 0 aromatic heterocycles. The lowest BCUT2D eigenvalue weighted by Crippen LogP contribution is -2.65. The molecule has 0 aromatic carbocycles. The summed E-state index contributed by atoms with van der Waals surface area (Å²) in [5.41, 5.74) is 0. The van der Waals surface area contributed by atoms with Crippen LogP contribution in [-0.4, -0.2) is 140 Å². The average molecular weight is 1480 g/mol. The van der Waals surface area contributed by atoms with Crippen molar-refractivity contribution in [3.05, 3.63) is 85.1 Å². The number of hydrogen-bond donors (Lipinski definition) is 9. The highest BCUT2D eigenvalue weighted by Gasteiger charge is 2.51. The van der Waals surface area contributed by atoms with Gasteiger partial charge in [0.1, 0.15) is 48.8 Å². The summed E-state index contributed by atoms with van der Waals surface area (Å²) in [5.74, 6) is -0.243. The Bertz CT molecular complexity index is 2090. The van der Waals surface area contributed by atoms with E-state index in [0.717, 1.165) is 64.2 Å². The van der Waals surface area contributed by atoms with Gasteiger partial charge in [0.25, 0.3) is 0 Å². The fourth-order valence-corrected chi connectivity index (χ4v) is 14.4. The van der Waals surface area contributed by atoms with Gasteiger partial charge in [-0.15, -0.1) is 0 Å². The number of amides is 1. The van der Waals surface area contributed by atoms with Gasteiger partial charge in [0.2, 0.25) is 5.91 Å². The predicted molar refractivity (Wildman–Crippen MR) is 438 cm³/mol. The van der Waals surface area contributed by atoms with Crippen molar-refractivity contribution in [3.8, 4) is 0 Å². The van der Waals surface area contributed by atoms with Gasteiger partial charge in [-0.25, -0.2) is 0 Å². The summed E-state index contributed by atoms with van der Waals surface area (Å²) < 4.78 is 22.9. The quantitative estimate of drug-likeness (QED) is 0.0204. The van der Waals surface area contributed by atoms with E-state index in [1.165, 1.54) is 295 Å². The van der Waals surface area contributed by atoms with Crippen LogP contribution in [0.3, 0.4) is 0 Å². The van der Waals surface area contributed by atoms with Gasteiger partial charge in [-0.05, 0) is 77.0 Å². The number of allylic oxidation sites excluding steroid dienone is 13. The molecule has 9 N–H and O–H groups in total. The molecule has 105 heavy (non-hydrogen) atoms. The standard InChI is InChI=1S/C91H165NO13/c1-3-5-7-9-11-13-15-17-19-21-23-25-27-29-31-33-35-37-38-39-40-41-42-43-45-47-49-51-53-55-57-59-61-63-65-67-69-71-73-75-83(96)92-79(78-102-90-88(101)86(99)89(82(77-94)104-90)105-91-87(100)85(98)84(97)81(76-93)103-91)80(95)74-72-70-68-66-64-62-60-58-56-54-52-50-48-46-44-36-34-32-30-28-26-24-22-20-18-16-14-12-10-8-6-4-2/h5,7,11,13,17,19,23,25,29,31,64,66,72,74,79-82,84-91,93-95,97-101H,3-4,6,8-10,12,14-16,18,20-22,24,26-28,30,32-63,65,67-71,73,75-78H2,1-2H3,(H,92,96)/b7-5-,13-11-,19-17-,25-23-,31-29-,66-64+,74-72+. The van der Waals surface area contributed by atoms with Gasteiger partial charge in [0, 0.05) is 6.42 Å². The molecule has 0 aliphatic carbocycles. The van der Waals surface area contributed by atoms with E-state index < -0.39 is 86.8 Å². The van der Waals surface area contributed by atoms with E-state index >= 15 is 0 Å². The van der Waals surface area contributed by atoms with E-state index in [1.54, 1.807) is 6.08 Å². The maximum Gasteiger partial charge on any atom is 0.220 e. The van der Waals surface area contributed by atoms with Crippen molar-refractivity contribution in [2.75, 3.05) is 19.8 Å². The van der Waals surface area contributed by atoms with E-state index in [-0.39, 0.29) is 18.9 Å². The topological polar surface area (TPSA) is 228 Å². The molecule has 612 valence electrons. The molecule has 0 spiro atoms. The van der Waals surface area contributed by atoms with Gasteiger partial charge in [0.15, 0.2) is 12.6 Å². The molecule has 2 heterocycles. The predicted octanol–water partition coefficient (Wildman–Crippen LogP) is 21.4. The molecular formula is C91H165NO13. The normalized spacial score (nSPS) is 21.8. The molecule has 0 bridgehead atoms. The summed E-state index contributed by atoms with van der Waals surface area (Å²) in [6.45, 7) is 2.73. The number of carbonyl (C=O) groups excluding carboxylic acids is 1. The lowest BCUT2D eigenvalue weighted by molar-refractivity contribution is -0.359. The summed E-state index contributed by atoms with van der Waals surface area (Å²) in [7, 11) is 0. The van der Waals surface area contributed by atoms with Gasteiger partial charge < -0.3 is 65.1 Å². The lowest BCUT2D eigenvalue weighted by Gasteiger charge is -2.46. The Kier molecular flexibility index (Phi) is 69.2. The van der Waals surface area contributed by atoms with E-state index in [2.05, 4.69) is 92.1 Å². The molecule has 12 unspecified atom stereocenters. The molecule has 2 aliphatic rings. The molecule has 12 atom stereocenters. The van der Waals surface area contributed by atoms with Crippen molar-refractivity contribution in [2.24, 2.45) is 0 Å². The van der Waals surface area contributed by atoms with Crippen LogP contribution in [0.5, 0.6) is 0 Å². The third-order valence-electron chi connectivity index (χ3n) is 21.3. The number of unbranched alkanes of at least 4 members (excludes halogenated alkanes) is 50. The van der Waals surface area contributed by atoms with E-state index in [0.29, 0.717) is 12.8 Å². The highest BCUT2D eigenvalue weighted by molar-refractivity contribution is 5.76. The number of nitrogens with one attached hydrogen (secondary N) is 1. The van der Waals surface area contributed by atoms with E-state index in [4.69, 9.17) is 18.9 Å². The molecule has 0 radical (unpaired) electrons.